The summed E-state index contributed by atoms with van der Waals surface area (Å²) >= 11 is 0. The van der Waals surface area contributed by atoms with Crippen LogP contribution in [0.3, 0.4) is 0 Å². The summed E-state index contributed by atoms with van der Waals surface area (Å²) in [5.74, 6) is -2.55. The van der Waals surface area contributed by atoms with Gasteiger partial charge in [0.15, 0.2) is 0 Å². The van der Waals surface area contributed by atoms with Crippen LogP contribution in [0.4, 0.5) is 4.79 Å². The number of ether oxygens (including phenoxy) is 6. The SMILES string of the molecule is C=C(C)C(=O)OCCCC(=O)OCC[N+](C)(CCOC(=O)CCCOC(=O)C(=C)C)CCOC(=O)NCCOC(=O)C(=C)C. The Balaban J connectivity index is 4.72. The van der Waals surface area contributed by atoms with Gasteiger partial charge in [0.1, 0.15) is 46.1 Å². The minimum Gasteiger partial charge on any atom is -0.462 e. The second kappa shape index (κ2) is 22.4. The lowest BCUT2D eigenvalue weighted by Gasteiger charge is -2.33. The summed E-state index contributed by atoms with van der Waals surface area (Å²) in [5.41, 5.74) is 0.782. The van der Waals surface area contributed by atoms with Crippen molar-refractivity contribution in [3.63, 3.8) is 0 Å². The van der Waals surface area contributed by atoms with Crippen molar-refractivity contribution < 1.29 is 61.7 Å². The van der Waals surface area contributed by atoms with Gasteiger partial charge in [-0.3, -0.25) is 9.59 Å². The lowest BCUT2D eigenvalue weighted by atomic mass is 10.3. The molecule has 0 aromatic heterocycles. The third-order valence-electron chi connectivity index (χ3n) is 5.82. The van der Waals surface area contributed by atoms with E-state index in [0.29, 0.717) is 32.5 Å². The van der Waals surface area contributed by atoms with Crippen LogP contribution in [0.1, 0.15) is 46.5 Å². The zero-order chi connectivity index (χ0) is 33.5. The fourth-order valence-corrected chi connectivity index (χ4v) is 3.08. The van der Waals surface area contributed by atoms with Crippen molar-refractivity contribution in [1.29, 1.82) is 0 Å². The standard InChI is InChI=1S/C30H46N2O12/c1-22(2)27(35)41-16-8-10-25(33)39-19-13-32(7,14-20-40-26(34)11-9-17-42-28(36)23(3)4)15-21-44-30(38)31-12-18-43-29(37)24(5)6/h1,3,5,8-21H2,2,4,6-7H3/p+1. The first-order valence-corrected chi connectivity index (χ1v) is 14.2. The van der Waals surface area contributed by atoms with E-state index in [1.54, 1.807) is 0 Å². The fraction of sp³-hybridized carbons (Fsp3) is 0.600. The number of likely N-dealkylation sites (N-methyl/N-ethyl adjacent to an activating group) is 1. The van der Waals surface area contributed by atoms with Crippen LogP contribution in [0.15, 0.2) is 36.5 Å². The van der Waals surface area contributed by atoms with Gasteiger partial charge in [-0.05, 0) is 33.6 Å². The molecule has 0 radical (unpaired) electrons. The monoisotopic (exact) mass is 627 g/mol. The summed E-state index contributed by atoms with van der Waals surface area (Å²) in [5, 5.41) is 2.47. The highest BCUT2D eigenvalue weighted by molar-refractivity contribution is 5.87. The predicted molar refractivity (Wildman–Crippen MR) is 158 cm³/mol. The molecule has 1 amide bonds. The van der Waals surface area contributed by atoms with Crippen LogP contribution < -0.4 is 5.32 Å². The summed E-state index contributed by atoms with van der Waals surface area (Å²) < 4.78 is 30.9. The Kier molecular flexibility index (Phi) is 20.2. The zero-order valence-electron chi connectivity index (χ0n) is 26.4. The molecular formula is C30H47N2O12+. The minimum atomic E-state index is -0.708. The molecule has 0 aliphatic carbocycles. The van der Waals surface area contributed by atoms with Gasteiger partial charge in [-0.25, -0.2) is 19.2 Å². The van der Waals surface area contributed by atoms with Crippen LogP contribution in [-0.2, 0) is 52.4 Å². The first-order chi connectivity index (χ1) is 20.7. The number of carbonyl (C=O) groups is 6. The number of hydrogen-bond donors (Lipinski definition) is 1. The molecule has 0 fully saturated rings. The number of amides is 1. The van der Waals surface area contributed by atoms with Crippen LogP contribution >= 0.6 is 0 Å². The Morgan fingerprint density at radius 2 is 0.909 bits per heavy atom. The van der Waals surface area contributed by atoms with E-state index in [2.05, 4.69) is 25.1 Å². The van der Waals surface area contributed by atoms with Crippen molar-refractivity contribution >= 4 is 35.9 Å². The molecule has 1 N–H and O–H groups in total. The molecule has 0 unspecified atom stereocenters. The molecule has 14 nitrogen and oxygen atoms in total. The molecule has 0 atom stereocenters. The van der Waals surface area contributed by atoms with Crippen LogP contribution in [-0.4, -0.2) is 113 Å². The molecule has 0 aromatic carbocycles. The zero-order valence-corrected chi connectivity index (χ0v) is 26.4. The first-order valence-electron chi connectivity index (χ1n) is 14.2. The van der Waals surface area contributed by atoms with Crippen molar-refractivity contribution in [2.45, 2.75) is 46.5 Å². The molecule has 0 aromatic rings. The average molecular weight is 628 g/mol. The van der Waals surface area contributed by atoms with Gasteiger partial charge in [-0.1, -0.05) is 19.7 Å². The number of carbonyl (C=O) groups excluding carboxylic acids is 6. The van der Waals surface area contributed by atoms with Gasteiger partial charge in [0, 0.05) is 29.6 Å². The van der Waals surface area contributed by atoms with Crippen molar-refractivity contribution in [2.75, 3.05) is 72.9 Å². The smallest absolute Gasteiger partial charge is 0.407 e. The minimum absolute atomic E-state index is 0.00203. The van der Waals surface area contributed by atoms with Crippen LogP contribution in [0.25, 0.3) is 0 Å². The third-order valence-corrected chi connectivity index (χ3v) is 5.82. The topological polar surface area (TPSA) is 170 Å². The lowest BCUT2D eigenvalue weighted by molar-refractivity contribution is -0.910. The second-order valence-electron chi connectivity index (χ2n) is 10.2. The average Bonchev–Trinajstić information content (AvgIpc) is 2.95. The van der Waals surface area contributed by atoms with Crippen LogP contribution in [0.5, 0.6) is 0 Å². The van der Waals surface area contributed by atoms with Crippen molar-refractivity contribution in [2.24, 2.45) is 0 Å². The van der Waals surface area contributed by atoms with Crippen molar-refractivity contribution in [3.05, 3.63) is 36.5 Å². The molecule has 0 spiro atoms. The molecule has 0 saturated carbocycles. The van der Waals surface area contributed by atoms with Gasteiger partial charge < -0.3 is 38.2 Å². The summed E-state index contributed by atoms with van der Waals surface area (Å²) in [7, 11) is 1.83. The molecule has 248 valence electrons. The molecule has 14 heteroatoms. The largest absolute Gasteiger partial charge is 0.462 e. The lowest BCUT2D eigenvalue weighted by Crippen LogP contribution is -2.51. The van der Waals surface area contributed by atoms with E-state index in [1.165, 1.54) is 20.8 Å². The molecule has 0 heterocycles. The molecular weight excluding hydrogens is 580 g/mol. The Labute approximate surface area is 258 Å². The van der Waals surface area contributed by atoms with Gasteiger partial charge in [0.05, 0.1) is 26.8 Å². The molecule has 0 aliphatic heterocycles. The highest BCUT2D eigenvalue weighted by atomic mass is 16.6. The normalized spacial score (nSPS) is 10.5. The number of nitrogens with one attached hydrogen (secondary N) is 1. The van der Waals surface area contributed by atoms with Crippen molar-refractivity contribution in [3.8, 4) is 0 Å². The molecule has 0 bridgehead atoms. The number of nitrogens with zero attached hydrogens (tertiary/aromatic N) is 1. The van der Waals surface area contributed by atoms with E-state index in [0.717, 1.165) is 0 Å². The highest BCUT2D eigenvalue weighted by Crippen LogP contribution is 2.06. The van der Waals surface area contributed by atoms with E-state index in [4.69, 9.17) is 28.4 Å². The van der Waals surface area contributed by atoms with Crippen molar-refractivity contribution in [1.82, 2.24) is 5.32 Å². The van der Waals surface area contributed by atoms with E-state index < -0.39 is 35.9 Å². The van der Waals surface area contributed by atoms with E-state index >= 15 is 0 Å². The van der Waals surface area contributed by atoms with Gasteiger partial charge in [0.2, 0.25) is 0 Å². The third kappa shape index (κ3) is 20.6. The number of alkyl carbamates (subject to hydrolysis) is 1. The Bertz CT molecular complexity index is 911. The summed E-state index contributed by atoms with van der Waals surface area (Å²) in [4.78, 5) is 70.4. The van der Waals surface area contributed by atoms with E-state index in [-0.39, 0.29) is 80.2 Å². The summed E-state index contributed by atoms with van der Waals surface area (Å²) in [6, 6.07) is 0. The van der Waals surface area contributed by atoms with Crippen LogP contribution in [0.2, 0.25) is 0 Å². The van der Waals surface area contributed by atoms with Crippen LogP contribution in [0, 0.1) is 0 Å². The van der Waals surface area contributed by atoms with Gasteiger partial charge in [0.25, 0.3) is 0 Å². The van der Waals surface area contributed by atoms with Gasteiger partial charge in [-0.15, -0.1) is 0 Å². The van der Waals surface area contributed by atoms with Gasteiger partial charge in [-0.2, -0.15) is 0 Å². The first kappa shape index (κ1) is 39.8. The quantitative estimate of drug-likeness (QED) is 0.0577. The molecule has 0 saturated heterocycles. The van der Waals surface area contributed by atoms with E-state index in [1.807, 2.05) is 7.05 Å². The maximum Gasteiger partial charge on any atom is 0.407 e. The number of quaternary nitrogens is 1. The maximum absolute atomic E-state index is 12.1. The number of esters is 5. The molecule has 44 heavy (non-hydrogen) atoms. The molecule has 0 rings (SSSR count). The van der Waals surface area contributed by atoms with Gasteiger partial charge >= 0.3 is 35.9 Å². The summed E-state index contributed by atoms with van der Waals surface area (Å²) in [6.07, 6.45) is -0.0152. The molecule has 0 aliphatic rings. The predicted octanol–water partition coefficient (Wildman–Crippen LogP) is 2.16. The highest BCUT2D eigenvalue weighted by Gasteiger charge is 2.24. The fourth-order valence-electron chi connectivity index (χ4n) is 3.08. The Morgan fingerprint density at radius 3 is 1.30 bits per heavy atom. The maximum atomic E-state index is 12.1. The van der Waals surface area contributed by atoms with E-state index in [9.17, 15) is 28.8 Å². The Morgan fingerprint density at radius 1 is 0.545 bits per heavy atom. The number of rotatable bonds is 23. The number of hydrogen-bond acceptors (Lipinski definition) is 12. The summed E-state index contributed by atoms with van der Waals surface area (Å²) in [6.45, 7) is 16.2. The second-order valence-corrected chi connectivity index (χ2v) is 10.2. The Hall–Kier alpha value is -4.20.